The van der Waals surface area contributed by atoms with E-state index in [0.717, 1.165) is 54.8 Å². The quantitative estimate of drug-likeness (QED) is 0.403. The van der Waals surface area contributed by atoms with Crippen molar-refractivity contribution in [1.29, 1.82) is 0 Å². The molecule has 31 heavy (non-hydrogen) atoms. The number of aromatic nitrogens is 1. The molecular weight excluding hydrogens is 414 g/mol. The van der Waals surface area contributed by atoms with Crippen LogP contribution in [0.2, 0.25) is 0 Å². The zero-order valence-electron chi connectivity index (χ0n) is 17.5. The summed E-state index contributed by atoms with van der Waals surface area (Å²) in [5.41, 5.74) is 4.86. The van der Waals surface area contributed by atoms with E-state index in [9.17, 15) is 8.78 Å². The van der Waals surface area contributed by atoms with Crippen molar-refractivity contribution in [2.24, 2.45) is 0 Å². The number of benzene rings is 2. The largest absolute Gasteiger partial charge is 0.361 e. The van der Waals surface area contributed by atoms with Crippen LogP contribution in [0, 0.1) is 11.6 Å². The Morgan fingerprint density at radius 3 is 2.58 bits per heavy atom. The van der Waals surface area contributed by atoms with Crippen LogP contribution in [-0.4, -0.2) is 34.6 Å². The van der Waals surface area contributed by atoms with Crippen molar-refractivity contribution in [2.45, 2.75) is 26.2 Å². The molecule has 2 aromatic carbocycles. The number of H-pyrrole nitrogens is 1. The van der Waals surface area contributed by atoms with Gasteiger partial charge in [-0.2, -0.15) is 0 Å². The van der Waals surface area contributed by atoms with E-state index in [0.29, 0.717) is 10.8 Å². The summed E-state index contributed by atoms with van der Waals surface area (Å²) in [5, 5.41) is 7.46. The number of hydrogen-bond acceptors (Lipinski definition) is 2. The number of anilines is 2. The topological polar surface area (TPSA) is 43.1 Å². The molecule has 4 rings (SSSR count). The molecule has 0 saturated heterocycles. The zero-order valence-corrected chi connectivity index (χ0v) is 18.3. The van der Waals surface area contributed by atoms with Crippen LogP contribution in [0.4, 0.5) is 20.2 Å². The van der Waals surface area contributed by atoms with Gasteiger partial charge in [-0.15, -0.1) is 0 Å². The number of aromatic amines is 1. The summed E-state index contributed by atoms with van der Waals surface area (Å²) >= 11 is 5.34. The summed E-state index contributed by atoms with van der Waals surface area (Å²) in [6.07, 6.45) is 7.89. The first-order chi connectivity index (χ1) is 15.0. The van der Waals surface area contributed by atoms with E-state index in [-0.39, 0.29) is 0 Å². The third-order valence-electron chi connectivity index (χ3n) is 5.58. The first-order valence-electron chi connectivity index (χ1n) is 10.6. The molecule has 4 nitrogen and oxygen atoms in total. The van der Waals surface area contributed by atoms with Crippen LogP contribution in [0.3, 0.4) is 0 Å². The van der Waals surface area contributed by atoms with Crippen LogP contribution in [-0.2, 0) is 0 Å². The van der Waals surface area contributed by atoms with Gasteiger partial charge in [0.15, 0.2) is 16.7 Å². The molecule has 1 aliphatic heterocycles. The van der Waals surface area contributed by atoms with E-state index < -0.39 is 11.6 Å². The number of nitrogens with one attached hydrogen (secondary N) is 3. The Kier molecular flexibility index (Phi) is 6.63. The number of rotatable bonds is 6. The molecule has 3 N–H and O–H groups in total. The molecule has 0 spiro atoms. The fraction of sp³-hybridized carbons (Fsp3) is 0.292. The van der Waals surface area contributed by atoms with E-state index in [2.05, 4.69) is 45.8 Å². The molecule has 0 saturated carbocycles. The van der Waals surface area contributed by atoms with Crippen molar-refractivity contribution in [1.82, 2.24) is 9.88 Å². The number of unbranched alkanes of at least 4 members (excludes halogenated alkanes) is 1. The molecule has 2 heterocycles. The number of thiocarbonyl (C=S) groups is 1. The van der Waals surface area contributed by atoms with Crippen molar-refractivity contribution in [3.05, 3.63) is 65.9 Å². The maximum atomic E-state index is 13.4. The first kappa shape index (κ1) is 21.5. The van der Waals surface area contributed by atoms with Crippen molar-refractivity contribution < 1.29 is 8.78 Å². The van der Waals surface area contributed by atoms with E-state index in [1.165, 1.54) is 30.0 Å². The van der Waals surface area contributed by atoms with Gasteiger partial charge in [-0.3, -0.25) is 4.90 Å². The Bertz CT molecular complexity index is 1120. The van der Waals surface area contributed by atoms with Gasteiger partial charge in [-0.1, -0.05) is 19.4 Å². The van der Waals surface area contributed by atoms with E-state index >= 15 is 0 Å². The molecular formula is C24H26F2N4S. The fourth-order valence-electron chi connectivity index (χ4n) is 3.87. The third-order valence-corrected chi connectivity index (χ3v) is 5.79. The highest BCUT2D eigenvalue weighted by Gasteiger charge is 2.15. The molecule has 1 aliphatic rings. The fourth-order valence-corrected chi connectivity index (χ4v) is 4.11. The predicted molar refractivity (Wildman–Crippen MR) is 128 cm³/mol. The Balaban J connectivity index is 1.47. The van der Waals surface area contributed by atoms with E-state index in [4.69, 9.17) is 12.2 Å². The lowest BCUT2D eigenvalue weighted by molar-refractivity contribution is 0.297. The second-order valence-electron chi connectivity index (χ2n) is 7.80. The number of fused-ring (bicyclic) bond motifs is 1. The van der Waals surface area contributed by atoms with Crippen molar-refractivity contribution >= 4 is 45.2 Å². The standard InChI is InChI=1S/C24H26F2N4S/c1-2-3-10-30-11-8-16(9-12-30)20-15-27-23-7-5-17(13-19(20)23)28-24(31)29-18-4-6-21(25)22(26)14-18/h4-8,13-15,27H,2-3,9-12H2,1H3,(H2,28,29,31). The molecule has 162 valence electrons. The van der Waals surface area contributed by atoms with Gasteiger partial charge in [0, 0.05) is 53.2 Å². The molecule has 0 atom stereocenters. The van der Waals surface area contributed by atoms with Gasteiger partial charge in [-0.25, -0.2) is 8.78 Å². The Morgan fingerprint density at radius 2 is 1.87 bits per heavy atom. The van der Waals surface area contributed by atoms with Gasteiger partial charge in [0.2, 0.25) is 0 Å². The smallest absolute Gasteiger partial charge is 0.175 e. The van der Waals surface area contributed by atoms with Crippen LogP contribution in [0.25, 0.3) is 16.5 Å². The van der Waals surface area contributed by atoms with E-state index in [1.54, 1.807) is 0 Å². The molecule has 0 fully saturated rings. The lowest BCUT2D eigenvalue weighted by Gasteiger charge is -2.26. The highest BCUT2D eigenvalue weighted by molar-refractivity contribution is 7.80. The van der Waals surface area contributed by atoms with Gasteiger partial charge in [0.05, 0.1) is 0 Å². The maximum Gasteiger partial charge on any atom is 0.175 e. The highest BCUT2D eigenvalue weighted by atomic mass is 32.1. The zero-order chi connectivity index (χ0) is 21.8. The molecule has 7 heteroatoms. The van der Waals surface area contributed by atoms with Gasteiger partial charge in [-0.05, 0) is 67.5 Å². The van der Waals surface area contributed by atoms with Crippen LogP contribution < -0.4 is 10.6 Å². The molecule has 0 amide bonds. The molecule has 0 bridgehead atoms. The van der Waals surface area contributed by atoms with Crippen molar-refractivity contribution in [2.75, 3.05) is 30.3 Å². The summed E-state index contributed by atoms with van der Waals surface area (Å²) < 4.78 is 26.5. The SMILES string of the molecule is CCCCN1CC=C(c2c[nH]c3ccc(NC(=S)Nc4ccc(F)c(F)c4)cc23)CC1. The second kappa shape index (κ2) is 9.58. The minimum atomic E-state index is -0.916. The number of halogens is 2. The lowest BCUT2D eigenvalue weighted by atomic mass is 9.98. The summed E-state index contributed by atoms with van der Waals surface area (Å²) in [5.74, 6) is -1.81. The van der Waals surface area contributed by atoms with Crippen LogP contribution >= 0.6 is 12.2 Å². The van der Waals surface area contributed by atoms with Crippen molar-refractivity contribution in [3.63, 3.8) is 0 Å². The van der Waals surface area contributed by atoms with Crippen LogP contribution in [0.5, 0.6) is 0 Å². The number of nitrogens with zero attached hydrogens (tertiary/aromatic N) is 1. The molecule has 0 unspecified atom stereocenters. The summed E-state index contributed by atoms with van der Waals surface area (Å²) in [6.45, 7) is 5.45. The second-order valence-corrected chi connectivity index (χ2v) is 8.21. The normalized spacial score (nSPS) is 14.5. The Labute approximate surface area is 186 Å². The van der Waals surface area contributed by atoms with Gasteiger partial charge in [0.1, 0.15) is 0 Å². The summed E-state index contributed by atoms with van der Waals surface area (Å²) in [6, 6.07) is 9.60. The first-order valence-corrected chi connectivity index (χ1v) is 11.0. The van der Waals surface area contributed by atoms with Crippen LogP contribution in [0.1, 0.15) is 31.7 Å². The average molecular weight is 441 g/mol. The number of hydrogen-bond donors (Lipinski definition) is 3. The average Bonchev–Trinajstić information content (AvgIpc) is 3.18. The molecule has 3 aromatic rings. The van der Waals surface area contributed by atoms with Gasteiger partial charge in [0.25, 0.3) is 0 Å². The van der Waals surface area contributed by atoms with Gasteiger partial charge >= 0.3 is 0 Å². The van der Waals surface area contributed by atoms with Crippen LogP contribution in [0.15, 0.2) is 48.7 Å². The predicted octanol–water partition coefficient (Wildman–Crippen LogP) is 6.14. The Hall–Kier alpha value is -2.77. The minimum Gasteiger partial charge on any atom is -0.361 e. The summed E-state index contributed by atoms with van der Waals surface area (Å²) in [4.78, 5) is 5.85. The maximum absolute atomic E-state index is 13.4. The highest BCUT2D eigenvalue weighted by Crippen LogP contribution is 2.31. The van der Waals surface area contributed by atoms with Gasteiger partial charge < -0.3 is 15.6 Å². The minimum absolute atomic E-state index is 0.311. The van der Waals surface area contributed by atoms with Crippen molar-refractivity contribution in [3.8, 4) is 0 Å². The van der Waals surface area contributed by atoms with E-state index in [1.807, 2.05) is 12.1 Å². The molecule has 0 radical (unpaired) electrons. The Morgan fingerprint density at radius 1 is 1.10 bits per heavy atom. The third kappa shape index (κ3) is 5.11. The molecule has 1 aromatic heterocycles. The lowest BCUT2D eigenvalue weighted by Crippen LogP contribution is -2.29. The molecule has 0 aliphatic carbocycles. The monoisotopic (exact) mass is 440 g/mol. The summed E-state index contributed by atoms with van der Waals surface area (Å²) in [7, 11) is 0.